The van der Waals surface area contributed by atoms with Gasteiger partial charge in [-0.1, -0.05) is 11.6 Å². The fraction of sp³-hybridized carbons (Fsp3) is 0.300. The molecule has 100 valence electrons. The van der Waals surface area contributed by atoms with Crippen LogP contribution in [0.15, 0.2) is 22.7 Å². The Labute approximate surface area is 115 Å². The first kappa shape index (κ1) is 15.3. The first-order valence-electron chi connectivity index (χ1n) is 4.80. The summed E-state index contributed by atoms with van der Waals surface area (Å²) in [6.45, 7) is -1.62. The molecule has 0 radical (unpaired) electrons. The smallest absolute Gasteiger partial charge is 0.325 e. The van der Waals surface area contributed by atoms with Gasteiger partial charge in [0.25, 0.3) is 0 Å². The van der Waals surface area contributed by atoms with Crippen LogP contribution >= 0.6 is 27.5 Å². The molecular formula is C10H9BrClF3N2O. The summed E-state index contributed by atoms with van der Waals surface area (Å²) in [6.07, 6.45) is -4.33. The first-order valence-corrected chi connectivity index (χ1v) is 5.97. The molecule has 1 aromatic carbocycles. The topological polar surface area (TPSA) is 41.1 Å². The third-order valence-electron chi connectivity index (χ3n) is 1.81. The highest BCUT2D eigenvalue weighted by Gasteiger charge is 2.26. The molecule has 1 rings (SSSR count). The summed E-state index contributed by atoms with van der Waals surface area (Å²) in [5.74, 6) is -0.562. The third-order valence-corrected chi connectivity index (χ3v) is 3.03. The lowest BCUT2D eigenvalue weighted by Gasteiger charge is -2.09. The monoisotopic (exact) mass is 344 g/mol. The molecule has 0 aliphatic carbocycles. The second-order valence-corrected chi connectivity index (χ2v) is 4.66. The van der Waals surface area contributed by atoms with Crippen LogP contribution in [0.3, 0.4) is 0 Å². The number of benzene rings is 1. The summed E-state index contributed by atoms with van der Waals surface area (Å²) in [5.41, 5.74) is 0.449. The SMILES string of the molecule is O=C(CNCC(F)(F)F)Nc1ccc(Cl)c(Br)c1. The normalized spacial score (nSPS) is 11.4. The van der Waals surface area contributed by atoms with Gasteiger partial charge in [0.05, 0.1) is 18.1 Å². The molecule has 18 heavy (non-hydrogen) atoms. The van der Waals surface area contributed by atoms with E-state index in [1.165, 1.54) is 0 Å². The minimum atomic E-state index is -4.33. The highest BCUT2D eigenvalue weighted by Crippen LogP contribution is 2.25. The van der Waals surface area contributed by atoms with Crippen molar-refractivity contribution in [3.63, 3.8) is 0 Å². The summed E-state index contributed by atoms with van der Waals surface area (Å²) in [7, 11) is 0. The zero-order valence-corrected chi connectivity index (χ0v) is 11.3. The van der Waals surface area contributed by atoms with E-state index < -0.39 is 25.2 Å². The quantitative estimate of drug-likeness (QED) is 0.880. The van der Waals surface area contributed by atoms with Crippen molar-refractivity contribution in [2.24, 2.45) is 0 Å². The van der Waals surface area contributed by atoms with Crippen LogP contribution in [-0.2, 0) is 4.79 Å². The number of carbonyl (C=O) groups is 1. The van der Waals surface area contributed by atoms with Crippen LogP contribution < -0.4 is 10.6 Å². The van der Waals surface area contributed by atoms with E-state index in [2.05, 4.69) is 21.2 Å². The molecule has 0 fully saturated rings. The molecule has 0 atom stereocenters. The van der Waals surface area contributed by atoms with E-state index in [1.807, 2.05) is 5.32 Å². The summed E-state index contributed by atoms with van der Waals surface area (Å²) < 4.78 is 36.0. The van der Waals surface area contributed by atoms with Gasteiger partial charge in [-0.05, 0) is 34.1 Å². The van der Waals surface area contributed by atoms with Crippen LogP contribution in [-0.4, -0.2) is 25.2 Å². The maximum atomic E-state index is 11.8. The molecule has 8 heteroatoms. The van der Waals surface area contributed by atoms with Crippen molar-refractivity contribution in [1.82, 2.24) is 5.32 Å². The minimum absolute atomic E-state index is 0.417. The molecule has 0 aliphatic heterocycles. The van der Waals surface area contributed by atoms with Crippen molar-refractivity contribution < 1.29 is 18.0 Å². The Morgan fingerprint density at radius 2 is 2.06 bits per heavy atom. The molecular weight excluding hydrogens is 336 g/mol. The van der Waals surface area contributed by atoms with Gasteiger partial charge in [-0.15, -0.1) is 0 Å². The molecule has 0 heterocycles. The van der Waals surface area contributed by atoms with Gasteiger partial charge in [0.1, 0.15) is 0 Å². The van der Waals surface area contributed by atoms with Crippen molar-refractivity contribution in [1.29, 1.82) is 0 Å². The van der Waals surface area contributed by atoms with Gasteiger partial charge in [0, 0.05) is 10.2 Å². The van der Waals surface area contributed by atoms with Gasteiger partial charge < -0.3 is 10.6 Å². The Bertz CT molecular complexity index is 440. The zero-order chi connectivity index (χ0) is 13.8. The Kier molecular flexibility index (Phi) is 5.43. The lowest BCUT2D eigenvalue weighted by atomic mass is 10.3. The lowest BCUT2D eigenvalue weighted by molar-refractivity contribution is -0.126. The number of hydrogen-bond acceptors (Lipinski definition) is 2. The van der Waals surface area contributed by atoms with Gasteiger partial charge in [0.15, 0.2) is 0 Å². The van der Waals surface area contributed by atoms with Gasteiger partial charge in [-0.3, -0.25) is 4.79 Å². The van der Waals surface area contributed by atoms with Crippen LogP contribution in [0.25, 0.3) is 0 Å². The predicted molar refractivity (Wildman–Crippen MR) is 66.7 cm³/mol. The van der Waals surface area contributed by atoms with Crippen LogP contribution in [0.1, 0.15) is 0 Å². The standard InChI is InChI=1S/C10H9BrClF3N2O/c11-7-3-6(1-2-8(7)12)17-9(18)4-16-5-10(13,14)15/h1-3,16H,4-5H2,(H,17,18). The van der Waals surface area contributed by atoms with E-state index in [1.54, 1.807) is 18.2 Å². The van der Waals surface area contributed by atoms with Crippen molar-refractivity contribution in [3.05, 3.63) is 27.7 Å². The van der Waals surface area contributed by atoms with Crippen LogP contribution in [0.4, 0.5) is 18.9 Å². The molecule has 0 bridgehead atoms. The van der Waals surface area contributed by atoms with E-state index in [0.717, 1.165) is 0 Å². The van der Waals surface area contributed by atoms with Crippen molar-refractivity contribution in [2.75, 3.05) is 18.4 Å². The lowest BCUT2D eigenvalue weighted by Crippen LogP contribution is -2.35. The molecule has 0 aliphatic rings. The number of halogens is 5. The molecule has 0 aromatic heterocycles. The maximum absolute atomic E-state index is 11.8. The summed E-state index contributed by atoms with van der Waals surface area (Å²) in [5, 5.41) is 4.91. The molecule has 0 saturated carbocycles. The van der Waals surface area contributed by atoms with Gasteiger partial charge in [0.2, 0.25) is 5.91 Å². The largest absolute Gasteiger partial charge is 0.401 e. The highest BCUT2D eigenvalue weighted by atomic mass is 79.9. The van der Waals surface area contributed by atoms with Gasteiger partial charge >= 0.3 is 6.18 Å². The molecule has 1 aromatic rings. The van der Waals surface area contributed by atoms with Crippen molar-refractivity contribution >= 4 is 39.1 Å². The summed E-state index contributed by atoms with van der Waals surface area (Å²) in [4.78, 5) is 11.3. The Morgan fingerprint density at radius 3 is 2.61 bits per heavy atom. The fourth-order valence-electron chi connectivity index (χ4n) is 1.10. The van der Waals surface area contributed by atoms with Crippen LogP contribution in [0, 0.1) is 0 Å². The minimum Gasteiger partial charge on any atom is -0.325 e. The van der Waals surface area contributed by atoms with E-state index >= 15 is 0 Å². The van der Waals surface area contributed by atoms with Gasteiger partial charge in [-0.2, -0.15) is 13.2 Å². The number of hydrogen-bond donors (Lipinski definition) is 2. The van der Waals surface area contributed by atoms with Crippen LogP contribution in [0.2, 0.25) is 5.02 Å². The summed E-state index contributed by atoms with van der Waals surface area (Å²) in [6, 6.07) is 4.67. The number of carbonyl (C=O) groups excluding carboxylic acids is 1. The second kappa shape index (κ2) is 6.40. The van der Waals surface area contributed by atoms with E-state index in [-0.39, 0.29) is 0 Å². The van der Waals surface area contributed by atoms with E-state index in [4.69, 9.17) is 11.6 Å². The van der Waals surface area contributed by atoms with Crippen LogP contribution in [0.5, 0.6) is 0 Å². The number of alkyl halides is 3. The Balaban J connectivity index is 2.42. The fourth-order valence-corrected chi connectivity index (χ4v) is 1.59. The molecule has 0 spiro atoms. The average molecular weight is 346 g/mol. The molecule has 2 N–H and O–H groups in total. The van der Waals surface area contributed by atoms with E-state index in [0.29, 0.717) is 15.2 Å². The molecule has 0 unspecified atom stereocenters. The molecule has 3 nitrogen and oxygen atoms in total. The average Bonchev–Trinajstić information content (AvgIpc) is 2.21. The first-order chi connectivity index (χ1) is 8.28. The summed E-state index contributed by atoms with van der Waals surface area (Å²) >= 11 is 8.92. The Hall–Kier alpha value is -0.790. The Morgan fingerprint density at radius 1 is 1.39 bits per heavy atom. The zero-order valence-electron chi connectivity index (χ0n) is 8.94. The second-order valence-electron chi connectivity index (χ2n) is 3.40. The third kappa shape index (κ3) is 5.70. The van der Waals surface area contributed by atoms with Crippen molar-refractivity contribution in [2.45, 2.75) is 6.18 Å². The molecule has 1 amide bonds. The maximum Gasteiger partial charge on any atom is 0.401 e. The van der Waals surface area contributed by atoms with Gasteiger partial charge in [-0.25, -0.2) is 0 Å². The van der Waals surface area contributed by atoms with Crippen molar-refractivity contribution in [3.8, 4) is 0 Å². The highest BCUT2D eigenvalue weighted by molar-refractivity contribution is 9.10. The molecule has 0 saturated heterocycles. The number of rotatable bonds is 4. The number of amides is 1. The predicted octanol–water partition coefficient (Wildman–Crippen LogP) is 3.19. The van der Waals surface area contributed by atoms with E-state index in [9.17, 15) is 18.0 Å². The number of anilines is 1. The number of nitrogens with one attached hydrogen (secondary N) is 2.